The Bertz CT molecular complexity index is 902. The Balaban J connectivity index is 1.34. The Morgan fingerprint density at radius 1 is 1.00 bits per heavy atom. The Kier molecular flexibility index (Phi) is 5.78. The van der Waals surface area contributed by atoms with Crippen molar-refractivity contribution in [3.8, 4) is 22.1 Å². The van der Waals surface area contributed by atoms with Gasteiger partial charge >= 0.3 is 0 Å². The summed E-state index contributed by atoms with van der Waals surface area (Å²) >= 11 is 1.71. The lowest BCUT2D eigenvalue weighted by Gasteiger charge is -2.33. The van der Waals surface area contributed by atoms with Gasteiger partial charge in [0.15, 0.2) is 0 Å². The number of thiazole rings is 1. The molecule has 0 bridgehead atoms. The van der Waals surface area contributed by atoms with Gasteiger partial charge < -0.3 is 19.3 Å². The van der Waals surface area contributed by atoms with Crippen LogP contribution in [0.25, 0.3) is 10.6 Å². The van der Waals surface area contributed by atoms with Crippen LogP contribution >= 0.6 is 11.3 Å². The predicted octanol–water partition coefficient (Wildman–Crippen LogP) is 2.73. The van der Waals surface area contributed by atoms with Crippen LogP contribution < -0.4 is 19.3 Å². The van der Waals surface area contributed by atoms with Gasteiger partial charge in [-0.1, -0.05) is 12.1 Å². The second-order valence-electron chi connectivity index (χ2n) is 6.99. The molecule has 1 saturated heterocycles. The van der Waals surface area contributed by atoms with Gasteiger partial charge in [-0.05, 0) is 36.4 Å². The van der Waals surface area contributed by atoms with Crippen LogP contribution in [-0.4, -0.2) is 45.4 Å². The highest BCUT2D eigenvalue weighted by molar-refractivity contribution is 7.13. The molecule has 0 aliphatic carbocycles. The monoisotopic (exact) mass is 396 g/mol. The van der Waals surface area contributed by atoms with Crippen molar-refractivity contribution < 1.29 is 14.4 Å². The molecule has 0 amide bonds. The van der Waals surface area contributed by atoms with E-state index in [-0.39, 0.29) is 0 Å². The molecule has 4 rings (SSSR count). The zero-order valence-electron chi connectivity index (χ0n) is 16.4. The number of aromatic nitrogens is 1. The smallest absolute Gasteiger partial charge is 0.124 e. The molecule has 1 fully saturated rings. The predicted molar refractivity (Wildman–Crippen MR) is 114 cm³/mol. The molecule has 2 heterocycles. The average molecular weight is 397 g/mol. The number of ether oxygens (including phenoxy) is 2. The quantitative estimate of drug-likeness (QED) is 0.695. The van der Waals surface area contributed by atoms with Gasteiger partial charge in [-0.25, -0.2) is 4.98 Å². The van der Waals surface area contributed by atoms with E-state index in [2.05, 4.69) is 28.5 Å². The van der Waals surface area contributed by atoms with Crippen LogP contribution in [0.2, 0.25) is 0 Å². The summed E-state index contributed by atoms with van der Waals surface area (Å²) in [6, 6.07) is 16.5. The zero-order valence-corrected chi connectivity index (χ0v) is 17.2. The highest BCUT2D eigenvalue weighted by atomic mass is 32.1. The summed E-state index contributed by atoms with van der Waals surface area (Å²) in [5, 5.41) is 3.25. The van der Waals surface area contributed by atoms with Crippen LogP contribution in [0.3, 0.4) is 0 Å². The second kappa shape index (κ2) is 8.63. The zero-order chi connectivity index (χ0) is 19.3. The molecule has 1 aromatic heterocycles. The summed E-state index contributed by atoms with van der Waals surface area (Å²) < 4.78 is 10.6. The molecular formula is C22H26N3O2S+. The highest BCUT2D eigenvalue weighted by Crippen LogP contribution is 2.26. The van der Waals surface area contributed by atoms with Crippen LogP contribution in [0.5, 0.6) is 11.5 Å². The van der Waals surface area contributed by atoms with Gasteiger partial charge in [0, 0.05) is 16.6 Å². The minimum Gasteiger partial charge on any atom is -0.497 e. The number of benzene rings is 2. The van der Waals surface area contributed by atoms with Crippen molar-refractivity contribution in [2.45, 2.75) is 6.54 Å². The number of nitrogens with one attached hydrogen (secondary N) is 1. The summed E-state index contributed by atoms with van der Waals surface area (Å²) in [4.78, 5) is 8.90. The van der Waals surface area contributed by atoms with Gasteiger partial charge in [-0.15, -0.1) is 11.3 Å². The Morgan fingerprint density at radius 2 is 1.75 bits per heavy atom. The van der Waals surface area contributed by atoms with Crippen LogP contribution in [0.4, 0.5) is 5.69 Å². The summed E-state index contributed by atoms with van der Waals surface area (Å²) in [6.45, 7) is 5.36. The van der Waals surface area contributed by atoms with Crippen molar-refractivity contribution in [1.82, 2.24) is 4.98 Å². The van der Waals surface area contributed by atoms with Gasteiger partial charge in [0.1, 0.15) is 28.7 Å². The third-order valence-corrected chi connectivity index (χ3v) is 6.15. The maximum absolute atomic E-state index is 5.33. The van der Waals surface area contributed by atoms with Crippen LogP contribution in [0, 0.1) is 0 Å². The van der Waals surface area contributed by atoms with Gasteiger partial charge in [0.2, 0.25) is 0 Å². The summed E-state index contributed by atoms with van der Waals surface area (Å²) in [6.07, 6.45) is 0. The molecule has 3 aromatic rings. The number of hydrogen-bond acceptors (Lipinski definition) is 5. The van der Waals surface area contributed by atoms with Crippen LogP contribution in [0.1, 0.15) is 5.69 Å². The molecule has 146 valence electrons. The number of rotatable bonds is 6. The Labute approximate surface area is 170 Å². The fourth-order valence-electron chi connectivity index (χ4n) is 3.58. The lowest BCUT2D eigenvalue weighted by Crippen LogP contribution is -3.13. The van der Waals surface area contributed by atoms with E-state index < -0.39 is 0 Å². The van der Waals surface area contributed by atoms with E-state index in [1.54, 1.807) is 30.5 Å². The minimum absolute atomic E-state index is 0.870. The lowest BCUT2D eigenvalue weighted by molar-refractivity contribution is -0.914. The number of hydrogen-bond donors (Lipinski definition) is 1. The van der Waals surface area contributed by atoms with Crippen LogP contribution in [-0.2, 0) is 6.54 Å². The normalized spacial score (nSPS) is 14.9. The molecule has 0 unspecified atom stereocenters. The largest absolute Gasteiger partial charge is 0.497 e. The second-order valence-corrected chi connectivity index (χ2v) is 7.85. The maximum Gasteiger partial charge on any atom is 0.124 e. The molecule has 5 nitrogen and oxygen atoms in total. The average Bonchev–Trinajstić information content (AvgIpc) is 3.23. The molecule has 6 heteroatoms. The van der Waals surface area contributed by atoms with E-state index in [0.29, 0.717) is 0 Å². The molecule has 0 saturated carbocycles. The molecule has 0 radical (unpaired) electrons. The van der Waals surface area contributed by atoms with Crippen molar-refractivity contribution in [1.29, 1.82) is 0 Å². The van der Waals surface area contributed by atoms with Crippen LogP contribution in [0.15, 0.2) is 53.9 Å². The first-order valence-corrected chi connectivity index (χ1v) is 10.4. The molecule has 1 aliphatic rings. The van der Waals surface area contributed by atoms with Crippen molar-refractivity contribution in [3.63, 3.8) is 0 Å². The molecule has 0 spiro atoms. The molecule has 1 N–H and O–H groups in total. The first-order valence-electron chi connectivity index (χ1n) is 9.56. The van der Waals surface area contributed by atoms with E-state index in [1.165, 1.54) is 11.4 Å². The summed E-state index contributed by atoms with van der Waals surface area (Å²) in [5.74, 6) is 1.78. The van der Waals surface area contributed by atoms with Crippen molar-refractivity contribution >= 4 is 17.0 Å². The minimum atomic E-state index is 0.870. The van der Waals surface area contributed by atoms with E-state index in [4.69, 9.17) is 14.5 Å². The fourth-order valence-corrected chi connectivity index (χ4v) is 4.40. The number of quaternary nitrogens is 1. The molecule has 28 heavy (non-hydrogen) atoms. The van der Waals surface area contributed by atoms with Crippen molar-refractivity contribution in [2.24, 2.45) is 0 Å². The standard InChI is InChI=1S/C22H25N3O2S/c1-26-20-8-6-19(7-9-20)25-12-10-24(11-13-25)15-18-16-28-22(23-18)17-4-3-5-21(14-17)27-2/h3-9,14,16H,10-13,15H2,1-2H3/p+1. The van der Waals surface area contributed by atoms with Gasteiger partial charge in [0.05, 0.1) is 40.4 Å². The first kappa shape index (κ1) is 18.8. The number of nitrogens with zero attached hydrogens (tertiary/aromatic N) is 2. The summed E-state index contributed by atoms with van der Waals surface area (Å²) in [7, 11) is 3.40. The third kappa shape index (κ3) is 4.29. The SMILES string of the molecule is COc1ccc(N2CC[NH+](Cc3csc(-c4cccc(OC)c4)n3)CC2)cc1. The lowest BCUT2D eigenvalue weighted by atomic mass is 10.2. The number of piperazine rings is 1. The molecular weight excluding hydrogens is 370 g/mol. The molecule has 1 aliphatic heterocycles. The van der Waals surface area contributed by atoms with Gasteiger partial charge in [0.25, 0.3) is 0 Å². The topological polar surface area (TPSA) is 39.0 Å². The van der Waals surface area contributed by atoms with E-state index in [9.17, 15) is 0 Å². The Hall–Kier alpha value is -2.57. The van der Waals surface area contributed by atoms with Gasteiger partial charge in [-0.2, -0.15) is 0 Å². The number of methoxy groups -OCH3 is 2. The first-order chi connectivity index (χ1) is 13.7. The molecule has 2 aromatic carbocycles. The van der Waals surface area contributed by atoms with Crippen molar-refractivity contribution in [3.05, 3.63) is 59.6 Å². The van der Waals surface area contributed by atoms with E-state index in [1.807, 2.05) is 30.3 Å². The highest BCUT2D eigenvalue weighted by Gasteiger charge is 2.21. The maximum atomic E-state index is 5.33. The fraction of sp³-hybridized carbons (Fsp3) is 0.318. The van der Waals surface area contributed by atoms with E-state index >= 15 is 0 Å². The van der Waals surface area contributed by atoms with Gasteiger partial charge in [-0.3, -0.25) is 0 Å². The molecule has 0 atom stereocenters. The van der Waals surface area contributed by atoms with Crippen molar-refractivity contribution in [2.75, 3.05) is 45.3 Å². The Morgan fingerprint density at radius 3 is 2.46 bits per heavy atom. The number of anilines is 1. The third-order valence-electron chi connectivity index (χ3n) is 5.21. The summed E-state index contributed by atoms with van der Waals surface area (Å²) in [5.41, 5.74) is 3.57. The van der Waals surface area contributed by atoms with E-state index in [0.717, 1.165) is 54.8 Å².